The molecule has 2 aromatic carbocycles. The Bertz CT molecular complexity index is 841. The van der Waals surface area contributed by atoms with Crippen molar-refractivity contribution in [2.75, 3.05) is 0 Å². The second-order valence-corrected chi connectivity index (χ2v) is 4.95. The third kappa shape index (κ3) is 2.48. The minimum atomic E-state index is 0.147. The van der Waals surface area contributed by atoms with Gasteiger partial charge in [0.25, 0.3) is 0 Å². The van der Waals surface area contributed by atoms with Crippen molar-refractivity contribution in [3.63, 3.8) is 0 Å². The number of hydrogen-bond acceptors (Lipinski definition) is 4. The smallest absolute Gasteiger partial charge is 0.177 e. The molecule has 104 valence electrons. The van der Waals surface area contributed by atoms with E-state index in [2.05, 4.69) is 15.2 Å². The van der Waals surface area contributed by atoms with Gasteiger partial charge in [0.1, 0.15) is 5.69 Å². The lowest BCUT2D eigenvalue weighted by atomic mass is 10.0. The van der Waals surface area contributed by atoms with Crippen LogP contribution in [0.15, 0.2) is 58.9 Å². The van der Waals surface area contributed by atoms with Crippen molar-refractivity contribution in [2.45, 2.75) is 13.8 Å². The van der Waals surface area contributed by atoms with E-state index in [0.29, 0.717) is 11.5 Å². The minimum absolute atomic E-state index is 0.147. The molecule has 0 aliphatic rings. The van der Waals surface area contributed by atoms with Crippen LogP contribution in [0.3, 0.4) is 0 Å². The second kappa shape index (κ2) is 5.32. The zero-order valence-corrected chi connectivity index (χ0v) is 11.9. The molecular formula is C17H15N3O. The monoisotopic (exact) mass is 277 g/mol. The van der Waals surface area contributed by atoms with Gasteiger partial charge in [-0.3, -0.25) is 0 Å². The van der Waals surface area contributed by atoms with E-state index in [1.54, 1.807) is 6.20 Å². The van der Waals surface area contributed by atoms with Crippen LogP contribution in [0.25, 0.3) is 10.8 Å². The molecule has 1 N–H and O–H groups in total. The summed E-state index contributed by atoms with van der Waals surface area (Å²) in [7, 11) is 0. The molecule has 1 heterocycles. The first-order valence-corrected chi connectivity index (χ1v) is 6.71. The number of azo groups is 1. The molecule has 21 heavy (non-hydrogen) atoms. The lowest BCUT2D eigenvalue weighted by Gasteiger charge is -2.07. The first-order valence-electron chi connectivity index (χ1n) is 6.71. The SMILES string of the molecule is Cc1cccnc1N=Nc1cc(C)c2ccccc2c1O. The molecule has 0 radical (unpaired) electrons. The Morgan fingerprint density at radius 3 is 2.43 bits per heavy atom. The molecule has 4 nitrogen and oxygen atoms in total. The van der Waals surface area contributed by atoms with Crippen molar-refractivity contribution in [1.29, 1.82) is 0 Å². The van der Waals surface area contributed by atoms with Crippen molar-refractivity contribution < 1.29 is 5.11 Å². The zero-order valence-electron chi connectivity index (χ0n) is 11.9. The van der Waals surface area contributed by atoms with E-state index in [1.165, 1.54) is 0 Å². The Morgan fingerprint density at radius 1 is 0.905 bits per heavy atom. The lowest BCUT2D eigenvalue weighted by molar-refractivity contribution is 0.482. The molecule has 0 fully saturated rings. The van der Waals surface area contributed by atoms with Crippen LogP contribution in [-0.2, 0) is 0 Å². The number of fused-ring (bicyclic) bond motifs is 1. The van der Waals surface area contributed by atoms with E-state index in [-0.39, 0.29) is 5.75 Å². The van der Waals surface area contributed by atoms with E-state index < -0.39 is 0 Å². The van der Waals surface area contributed by atoms with Crippen LogP contribution >= 0.6 is 0 Å². The van der Waals surface area contributed by atoms with E-state index in [0.717, 1.165) is 21.9 Å². The van der Waals surface area contributed by atoms with Gasteiger partial charge in [0.2, 0.25) is 0 Å². The van der Waals surface area contributed by atoms with Crippen molar-refractivity contribution in [2.24, 2.45) is 10.2 Å². The molecule has 3 rings (SSSR count). The number of phenols is 1. The molecule has 0 saturated heterocycles. The number of aromatic nitrogens is 1. The number of rotatable bonds is 2. The fraction of sp³-hybridized carbons (Fsp3) is 0.118. The van der Waals surface area contributed by atoms with E-state index >= 15 is 0 Å². The molecule has 0 saturated carbocycles. The molecule has 0 bridgehead atoms. The number of phenolic OH excluding ortho intramolecular Hbond substituents is 1. The number of nitrogens with zero attached hydrogens (tertiary/aromatic N) is 3. The van der Waals surface area contributed by atoms with Crippen molar-refractivity contribution in [1.82, 2.24) is 4.98 Å². The summed E-state index contributed by atoms with van der Waals surface area (Å²) >= 11 is 0. The average molecular weight is 277 g/mol. The van der Waals surface area contributed by atoms with Gasteiger partial charge in [0.05, 0.1) is 0 Å². The summed E-state index contributed by atoms with van der Waals surface area (Å²) in [5, 5.41) is 20.4. The highest BCUT2D eigenvalue weighted by atomic mass is 16.3. The maximum absolute atomic E-state index is 10.3. The first kappa shape index (κ1) is 13.2. The molecule has 0 aliphatic heterocycles. The summed E-state index contributed by atoms with van der Waals surface area (Å²) < 4.78 is 0. The standard InChI is InChI=1S/C17H15N3O/c1-11-6-5-9-18-17(11)20-19-15-10-12(2)13-7-3-4-8-14(13)16(15)21/h3-10,21H,1-2H3. The van der Waals surface area contributed by atoms with Crippen LogP contribution < -0.4 is 0 Å². The molecule has 0 spiro atoms. The lowest BCUT2D eigenvalue weighted by Crippen LogP contribution is -1.81. The fourth-order valence-corrected chi connectivity index (χ4v) is 2.28. The summed E-state index contributed by atoms with van der Waals surface area (Å²) in [6, 6.07) is 13.3. The number of aromatic hydroxyl groups is 1. The van der Waals surface area contributed by atoms with Crippen molar-refractivity contribution in [3.05, 3.63) is 59.8 Å². The van der Waals surface area contributed by atoms with Crippen LogP contribution in [-0.4, -0.2) is 10.1 Å². The Kier molecular flexibility index (Phi) is 3.36. The maximum atomic E-state index is 10.3. The second-order valence-electron chi connectivity index (χ2n) is 4.95. The molecule has 4 heteroatoms. The topological polar surface area (TPSA) is 57.8 Å². The van der Waals surface area contributed by atoms with Gasteiger partial charge < -0.3 is 5.11 Å². The van der Waals surface area contributed by atoms with Gasteiger partial charge in [-0.25, -0.2) is 4.98 Å². The Balaban J connectivity index is 2.09. The molecule has 0 aliphatic carbocycles. The predicted molar refractivity (Wildman–Crippen MR) is 83.5 cm³/mol. The summed E-state index contributed by atoms with van der Waals surface area (Å²) in [4.78, 5) is 4.17. The average Bonchev–Trinajstić information content (AvgIpc) is 2.51. The summed E-state index contributed by atoms with van der Waals surface area (Å²) in [6.07, 6.45) is 1.67. The largest absolute Gasteiger partial charge is 0.505 e. The molecule has 1 aromatic heterocycles. The van der Waals surface area contributed by atoms with Gasteiger partial charge in [-0.1, -0.05) is 30.3 Å². The number of benzene rings is 2. The van der Waals surface area contributed by atoms with Gasteiger partial charge >= 0.3 is 0 Å². The maximum Gasteiger partial charge on any atom is 0.177 e. The van der Waals surface area contributed by atoms with E-state index in [1.807, 2.05) is 56.3 Å². The first-order chi connectivity index (χ1) is 10.2. The molecule has 3 aromatic rings. The third-order valence-corrected chi connectivity index (χ3v) is 3.44. The predicted octanol–water partition coefficient (Wildman–Crippen LogP) is 4.97. The number of aryl methyl sites for hydroxylation is 2. The van der Waals surface area contributed by atoms with Crippen LogP contribution in [0.1, 0.15) is 11.1 Å². The highest BCUT2D eigenvalue weighted by molar-refractivity contribution is 5.94. The molecule has 0 atom stereocenters. The summed E-state index contributed by atoms with van der Waals surface area (Å²) in [5.41, 5.74) is 2.45. The van der Waals surface area contributed by atoms with Crippen LogP contribution in [0.5, 0.6) is 5.75 Å². The van der Waals surface area contributed by atoms with Crippen molar-refractivity contribution in [3.8, 4) is 5.75 Å². The summed E-state index contributed by atoms with van der Waals surface area (Å²) in [5.74, 6) is 0.705. The molecule has 0 unspecified atom stereocenters. The number of hydrogen-bond donors (Lipinski definition) is 1. The van der Waals surface area contributed by atoms with Crippen molar-refractivity contribution >= 4 is 22.3 Å². The van der Waals surface area contributed by atoms with Gasteiger partial charge in [-0.15, -0.1) is 10.2 Å². The van der Waals surface area contributed by atoms with Gasteiger partial charge in [0.15, 0.2) is 11.6 Å². The molecular weight excluding hydrogens is 262 g/mol. The van der Waals surface area contributed by atoms with Crippen LogP contribution in [0.4, 0.5) is 11.5 Å². The van der Waals surface area contributed by atoms with Gasteiger partial charge in [-0.2, -0.15) is 0 Å². The summed E-state index contributed by atoms with van der Waals surface area (Å²) in [6.45, 7) is 3.92. The zero-order chi connectivity index (χ0) is 14.8. The Morgan fingerprint density at radius 2 is 1.67 bits per heavy atom. The third-order valence-electron chi connectivity index (χ3n) is 3.44. The highest BCUT2D eigenvalue weighted by Crippen LogP contribution is 2.37. The normalized spacial score (nSPS) is 11.3. The van der Waals surface area contributed by atoms with Gasteiger partial charge in [-0.05, 0) is 42.5 Å². The van der Waals surface area contributed by atoms with Crippen LogP contribution in [0.2, 0.25) is 0 Å². The van der Waals surface area contributed by atoms with E-state index in [9.17, 15) is 5.11 Å². The number of pyridine rings is 1. The van der Waals surface area contributed by atoms with E-state index in [4.69, 9.17) is 0 Å². The van der Waals surface area contributed by atoms with Crippen LogP contribution in [0, 0.1) is 13.8 Å². The Labute approximate surface area is 122 Å². The fourth-order valence-electron chi connectivity index (χ4n) is 2.28. The quantitative estimate of drug-likeness (QED) is 0.672. The van der Waals surface area contributed by atoms with Gasteiger partial charge in [0, 0.05) is 11.6 Å². The minimum Gasteiger partial charge on any atom is -0.505 e. The Hall–Kier alpha value is -2.75. The molecule has 0 amide bonds. The highest BCUT2D eigenvalue weighted by Gasteiger charge is 2.08.